The molecule has 0 N–H and O–H groups in total. The molecule has 0 fully saturated rings. The van der Waals surface area contributed by atoms with Gasteiger partial charge in [0.15, 0.2) is 0 Å². The Morgan fingerprint density at radius 2 is 0.522 bits per heavy atom. The van der Waals surface area contributed by atoms with Crippen LogP contribution in [0.4, 0.5) is 0 Å². The van der Waals surface area contributed by atoms with Crippen LogP contribution in [0.25, 0.3) is 82.5 Å². The lowest BCUT2D eigenvalue weighted by Gasteiger charge is -2.33. The quantitative estimate of drug-likeness (QED) is 0.144. The summed E-state index contributed by atoms with van der Waals surface area (Å²) >= 11 is 0. The molecule has 0 radical (unpaired) electrons. The summed E-state index contributed by atoms with van der Waals surface area (Å²) in [6.45, 7) is 0.483. The molecule has 6 aliphatic rings. The van der Waals surface area contributed by atoms with E-state index in [-0.39, 0.29) is 20.1 Å². The summed E-state index contributed by atoms with van der Waals surface area (Å²) in [5, 5.41) is 8.09. The Kier molecular flexibility index (Phi) is 5.95. The number of aromatic nitrogens is 3. The van der Waals surface area contributed by atoms with Gasteiger partial charge in [0.25, 0.3) is 0 Å². The predicted molar refractivity (Wildman–Crippen MR) is 291 cm³/mol. The first kappa shape index (κ1) is 35.0. The molecular weight excluding hydrogens is 831 g/mol. The van der Waals surface area contributed by atoms with Crippen LogP contribution in [0, 0.1) is 0 Å². The molecule has 0 bridgehead atoms. The molecule has 0 aliphatic carbocycles. The smallest absolute Gasteiger partial charge is 0.247 e. The molecule has 0 saturated heterocycles. The fourth-order valence-electron chi connectivity index (χ4n) is 15.8. The topological polar surface area (TPSA) is 14.8 Å². The number of nitrogens with zero attached hydrogens (tertiary/aromatic N) is 3. The Morgan fingerprint density at radius 3 is 0.855 bits per heavy atom. The highest BCUT2D eigenvalue weighted by atomic mass is 15.1. The first-order valence-electron chi connectivity index (χ1n) is 24.9. The second kappa shape index (κ2) is 11.7. The van der Waals surface area contributed by atoms with Crippen LogP contribution in [0.1, 0.15) is 33.4 Å². The fourth-order valence-corrected chi connectivity index (χ4v) is 15.8. The van der Waals surface area contributed by atoms with Gasteiger partial charge in [-0.25, -0.2) is 0 Å². The molecule has 6 heteroatoms. The second-order valence-corrected chi connectivity index (χ2v) is 20.9. The zero-order valence-corrected chi connectivity index (χ0v) is 37.5. The zero-order chi connectivity index (χ0) is 44.1. The largest absolute Gasteiger partial charge is 0.309 e. The lowest BCUT2D eigenvalue weighted by molar-refractivity contribution is 1.14. The molecule has 3 aromatic heterocycles. The van der Waals surface area contributed by atoms with Crippen molar-refractivity contribution in [2.24, 2.45) is 0 Å². The maximum atomic E-state index is 2.76. The average Bonchev–Trinajstić information content (AvgIpc) is 4.05. The van der Waals surface area contributed by atoms with Crippen LogP contribution in [0.3, 0.4) is 0 Å². The van der Waals surface area contributed by atoms with Crippen LogP contribution in [-0.2, 0) is 19.3 Å². The summed E-state index contributed by atoms with van der Waals surface area (Å²) in [5.41, 5.74) is 33.7. The lowest BCUT2D eigenvalue weighted by Crippen LogP contribution is -2.60. The van der Waals surface area contributed by atoms with E-state index in [0.717, 1.165) is 19.3 Å². The van der Waals surface area contributed by atoms with Crippen molar-refractivity contribution in [3.63, 3.8) is 0 Å². The van der Waals surface area contributed by atoms with Crippen LogP contribution < -0.4 is 49.2 Å². The Morgan fingerprint density at radius 1 is 0.246 bits per heavy atom. The van der Waals surface area contributed by atoms with E-state index >= 15 is 0 Å². The number of hydrogen-bond acceptors (Lipinski definition) is 0. The molecule has 0 amide bonds. The van der Waals surface area contributed by atoms with Gasteiger partial charge in [-0.05, 0) is 104 Å². The van der Waals surface area contributed by atoms with Crippen LogP contribution in [0.5, 0.6) is 0 Å². The highest BCUT2D eigenvalue weighted by Crippen LogP contribution is 2.51. The van der Waals surface area contributed by atoms with Crippen molar-refractivity contribution in [2.45, 2.75) is 19.3 Å². The van der Waals surface area contributed by atoms with E-state index in [1.165, 1.54) is 165 Å². The zero-order valence-electron chi connectivity index (χ0n) is 37.5. The van der Waals surface area contributed by atoms with Crippen molar-refractivity contribution >= 4 is 135 Å². The van der Waals surface area contributed by atoms with Gasteiger partial charge in [-0.15, -0.1) is 0 Å². The molecule has 312 valence electrons. The van der Waals surface area contributed by atoms with Gasteiger partial charge >= 0.3 is 0 Å². The Balaban J connectivity index is 1.11. The summed E-state index contributed by atoms with van der Waals surface area (Å²) in [5.74, 6) is 0. The van der Waals surface area contributed by atoms with Gasteiger partial charge in [-0.2, -0.15) is 0 Å². The van der Waals surface area contributed by atoms with E-state index in [2.05, 4.69) is 196 Å². The standard InChI is InChI=1S/C63H36B3N3/c1-4-22-43-34(13-1)31-37-16-7-28-49-55(37)64(43)46-25-10-19-40-52-61(67(49)58(40)46)53-41-20-11-26-47-59(41)69(51-30-9-18-39-33-36-15-2-5-23-44(36)65(47)57(39)51)63(53)54-42-21-12-27-48-60(42)68(62(52)54)50-29-8-17-38-32-35-14-3-6-24-45(35)66(48)56(38)50/h1-30H,31-33H2. The van der Waals surface area contributed by atoms with Gasteiger partial charge in [0, 0.05) is 65.9 Å². The summed E-state index contributed by atoms with van der Waals surface area (Å²) in [6.07, 6.45) is 2.85. The van der Waals surface area contributed by atoms with E-state index in [1.807, 2.05) is 0 Å². The number of para-hydroxylation sites is 3. The first-order valence-corrected chi connectivity index (χ1v) is 24.9. The van der Waals surface area contributed by atoms with Crippen LogP contribution >= 0.6 is 0 Å². The molecule has 0 spiro atoms. The maximum absolute atomic E-state index is 2.76. The average molecular weight is 867 g/mol. The highest BCUT2D eigenvalue weighted by molar-refractivity contribution is 7.00. The Bertz CT molecular complexity index is 4180. The molecule has 19 rings (SSSR count). The van der Waals surface area contributed by atoms with Gasteiger partial charge in [-0.1, -0.05) is 180 Å². The molecule has 3 nitrogen and oxygen atoms in total. The highest BCUT2D eigenvalue weighted by Gasteiger charge is 2.45. The minimum absolute atomic E-state index is 0.161. The fraction of sp³-hybridized carbons (Fsp3) is 0.0476. The van der Waals surface area contributed by atoms with Crippen LogP contribution in [0.15, 0.2) is 182 Å². The molecule has 10 aromatic carbocycles. The first-order chi connectivity index (χ1) is 34.3. The number of fused-ring (bicyclic) bond motifs is 24. The SMILES string of the molecule is c1ccc2c(c1)Cc1cccc3c1B2c1cccc2c4c(c5c6cccc7c6n(c5c5c6cccc8c6n(c45)-c4cccc5c4B8c4ccccc4C5)-c4cccc5c4B7c4ccccc4C5)n-3c12. The normalized spacial score (nSPS) is 14.7. The van der Waals surface area contributed by atoms with Crippen molar-refractivity contribution < 1.29 is 0 Å². The molecular formula is C63H36B3N3. The summed E-state index contributed by atoms with van der Waals surface area (Å²) < 4.78 is 8.28. The van der Waals surface area contributed by atoms with Gasteiger partial charge < -0.3 is 13.7 Å². The van der Waals surface area contributed by atoms with E-state index in [9.17, 15) is 0 Å². The molecule has 6 aliphatic heterocycles. The van der Waals surface area contributed by atoms with Crippen molar-refractivity contribution in [3.05, 3.63) is 215 Å². The molecule has 13 aromatic rings. The van der Waals surface area contributed by atoms with Crippen molar-refractivity contribution in [3.8, 4) is 17.1 Å². The van der Waals surface area contributed by atoms with E-state index in [4.69, 9.17) is 0 Å². The Hall–Kier alpha value is -8.21. The lowest BCUT2D eigenvalue weighted by atomic mass is 9.32. The summed E-state index contributed by atoms with van der Waals surface area (Å²) in [7, 11) is 0. The number of rotatable bonds is 0. The van der Waals surface area contributed by atoms with E-state index < -0.39 is 0 Å². The van der Waals surface area contributed by atoms with Gasteiger partial charge in [-0.3, -0.25) is 0 Å². The van der Waals surface area contributed by atoms with Gasteiger partial charge in [0.05, 0.1) is 16.6 Å². The summed E-state index contributed by atoms with van der Waals surface area (Å²) in [6, 6.07) is 71.1. The van der Waals surface area contributed by atoms with Crippen LogP contribution in [0.2, 0.25) is 0 Å². The Labute approximate surface area is 398 Å². The summed E-state index contributed by atoms with van der Waals surface area (Å²) in [4.78, 5) is 0. The monoisotopic (exact) mass is 867 g/mol. The van der Waals surface area contributed by atoms with Gasteiger partial charge in [0.1, 0.15) is 0 Å². The molecule has 0 saturated carbocycles. The number of benzene rings is 10. The maximum Gasteiger partial charge on any atom is 0.247 e. The molecule has 0 unspecified atom stereocenters. The molecule has 69 heavy (non-hydrogen) atoms. The third kappa shape index (κ3) is 3.82. The third-order valence-electron chi connectivity index (χ3n) is 18.1. The minimum Gasteiger partial charge on any atom is -0.309 e. The van der Waals surface area contributed by atoms with Crippen LogP contribution in [-0.4, -0.2) is 33.8 Å². The second-order valence-electron chi connectivity index (χ2n) is 20.9. The van der Waals surface area contributed by atoms with Crippen molar-refractivity contribution in [1.82, 2.24) is 13.7 Å². The minimum atomic E-state index is 0.161. The third-order valence-corrected chi connectivity index (χ3v) is 18.1. The molecule has 0 atom stereocenters. The van der Waals surface area contributed by atoms with E-state index in [0.29, 0.717) is 0 Å². The predicted octanol–water partition coefficient (Wildman–Crippen LogP) is 7.18. The van der Waals surface area contributed by atoms with Crippen molar-refractivity contribution in [1.29, 1.82) is 0 Å². The molecule has 9 heterocycles. The van der Waals surface area contributed by atoms with Gasteiger partial charge in [0.2, 0.25) is 20.1 Å². The van der Waals surface area contributed by atoms with Crippen molar-refractivity contribution in [2.75, 3.05) is 0 Å². The van der Waals surface area contributed by atoms with E-state index in [1.54, 1.807) is 0 Å². The number of hydrogen-bond donors (Lipinski definition) is 0.